The summed E-state index contributed by atoms with van der Waals surface area (Å²) >= 11 is 0. The van der Waals surface area contributed by atoms with Gasteiger partial charge in [-0.2, -0.15) is 0 Å². The molecule has 4 rings (SSSR count). The summed E-state index contributed by atoms with van der Waals surface area (Å²) in [5, 5.41) is 2.61. The Morgan fingerprint density at radius 1 is 0.548 bits per heavy atom. The topological polar surface area (TPSA) is 6.48 Å². The third-order valence-electron chi connectivity index (χ3n) is 6.30. The molecule has 0 heterocycles. The van der Waals surface area contributed by atoms with Crippen molar-refractivity contribution in [1.82, 2.24) is 0 Å². The first-order valence-electron chi connectivity index (χ1n) is 10.9. The zero-order chi connectivity index (χ0) is 22.1. The first-order chi connectivity index (χ1) is 14.9. The van der Waals surface area contributed by atoms with Crippen molar-refractivity contribution < 1.29 is 0 Å². The molecular formula is C29H32N2. The van der Waals surface area contributed by atoms with Crippen molar-refractivity contribution in [2.24, 2.45) is 0 Å². The Bertz CT molecular complexity index is 1160. The third-order valence-corrected chi connectivity index (χ3v) is 6.30. The lowest BCUT2D eigenvalue weighted by Gasteiger charge is -2.26. The van der Waals surface area contributed by atoms with Gasteiger partial charge in [0, 0.05) is 45.5 Å². The highest BCUT2D eigenvalue weighted by Gasteiger charge is 2.23. The van der Waals surface area contributed by atoms with Crippen LogP contribution in [-0.4, -0.2) is 28.2 Å². The average molecular weight is 409 g/mol. The Hall–Kier alpha value is -3.26. The standard InChI is InChI=1S/C29H32N2/c1-20-18-23(30(3)4)14-16-25(20)29(26-17-15-24(31(5)6)19-21(26)2)28-13-9-11-22-10-7-8-12-27(22)28/h7-19,29H,1-6H3. The highest BCUT2D eigenvalue weighted by molar-refractivity contribution is 5.87. The summed E-state index contributed by atoms with van der Waals surface area (Å²) in [5.74, 6) is 0.179. The first kappa shape index (κ1) is 21.0. The van der Waals surface area contributed by atoms with Crippen molar-refractivity contribution in [3.63, 3.8) is 0 Å². The van der Waals surface area contributed by atoms with Gasteiger partial charge in [0.05, 0.1) is 0 Å². The van der Waals surface area contributed by atoms with Crippen molar-refractivity contribution in [1.29, 1.82) is 0 Å². The summed E-state index contributed by atoms with van der Waals surface area (Å²) in [6, 6.07) is 29.1. The third kappa shape index (κ3) is 4.03. The Morgan fingerprint density at radius 3 is 1.58 bits per heavy atom. The van der Waals surface area contributed by atoms with Gasteiger partial charge < -0.3 is 9.80 Å². The minimum absolute atomic E-state index is 0.179. The van der Waals surface area contributed by atoms with Crippen LogP contribution in [0, 0.1) is 13.8 Å². The number of hydrogen-bond donors (Lipinski definition) is 0. The van der Waals surface area contributed by atoms with Gasteiger partial charge in [0.1, 0.15) is 0 Å². The Balaban J connectivity index is 1.98. The molecule has 2 nitrogen and oxygen atoms in total. The fourth-order valence-corrected chi connectivity index (χ4v) is 4.53. The lowest BCUT2D eigenvalue weighted by atomic mass is 9.79. The van der Waals surface area contributed by atoms with Crippen LogP contribution < -0.4 is 9.80 Å². The molecule has 0 N–H and O–H groups in total. The lowest BCUT2D eigenvalue weighted by Crippen LogP contribution is -2.13. The molecule has 0 aliphatic rings. The minimum atomic E-state index is 0.179. The Kier molecular flexibility index (Phi) is 5.73. The van der Waals surface area contributed by atoms with Crippen LogP contribution in [0.4, 0.5) is 11.4 Å². The Labute approximate surface area is 186 Å². The van der Waals surface area contributed by atoms with E-state index in [2.05, 4.69) is 131 Å². The monoisotopic (exact) mass is 408 g/mol. The van der Waals surface area contributed by atoms with Crippen LogP contribution >= 0.6 is 0 Å². The molecule has 4 aromatic rings. The zero-order valence-electron chi connectivity index (χ0n) is 19.5. The van der Waals surface area contributed by atoms with E-state index in [1.165, 1.54) is 50.0 Å². The smallest absolute Gasteiger partial charge is 0.0363 e. The van der Waals surface area contributed by atoms with Crippen LogP contribution in [0.1, 0.15) is 33.7 Å². The van der Waals surface area contributed by atoms with Gasteiger partial charge in [-0.05, 0) is 76.7 Å². The molecule has 0 spiro atoms. The maximum absolute atomic E-state index is 2.32. The van der Waals surface area contributed by atoms with Gasteiger partial charge in [0.2, 0.25) is 0 Å². The molecule has 0 unspecified atom stereocenters. The van der Waals surface area contributed by atoms with Gasteiger partial charge in [-0.3, -0.25) is 0 Å². The predicted molar refractivity (Wildman–Crippen MR) is 136 cm³/mol. The molecule has 31 heavy (non-hydrogen) atoms. The minimum Gasteiger partial charge on any atom is -0.378 e. The summed E-state index contributed by atoms with van der Waals surface area (Å²) in [7, 11) is 8.39. The lowest BCUT2D eigenvalue weighted by molar-refractivity contribution is 0.954. The van der Waals surface area contributed by atoms with Crippen LogP contribution in [0.25, 0.3) is 10.8 Å². The fraction of sp³-hybridized carbons (Fsp3) is 0.241. The van der Waals surface area contributed by atoms with Gasteiger partial charge in [0.15, 0.2) is 0 Å². The van der Waals surface area contributed by atoms with E-state index in [9.17, 15) is 0 Å². The average Bonchev–Trinajstić information content (AvgIpc) is 2.75. The molecule has 0 aliphatic carbocycles. The molecule has 2 heteroatoms. The van der Waals surface area contributed by atoms with Crippen molar-refractivity contribution in [3.8, 4) is 0 Å². The number of fused-ring (bicyclic) bond motifs is 1. The van der Waals surface area contributed by atoms with E-state index in [4.69, 9.17) is 0 Å². The molecule has 0 saturated carbocycles. The highest BCUT2D eigenvalue weighted by atomic mass is 15.1. The maximum Gasteiger partial charge on any atom is 0.0363 e. The first-order valence-corrected chi connectivity index (χ1v) is 10.9. The molecule has 0 bridgehead atoms. The molecular weight excluding hydrogens is 376 g/mol. The summed E-state index contributed by atoms with van der Waals surface area (Å²) in [5.41, 5.74) is 9.19. The van der Waals surface area contributed by atoms with Crippen LogP contribution in [0.2, 0.25) is 0 Å². The van der Waals surface area contributed by atoms with E-state index in [0.29, 0.717) is 0 Å². The summed E-state index contributed by atoms with van der Waals surface area (Å²) in [4.78, 5) is 4.33. The van der Waals surface area contributed by atoms with Crippen LogP contribution in [-0.2, 0) is 0 Å². The fourth-order valence-electron chi connectivity index (χ4n) is 4.53. The van der Waals surface area contributed by atoms with Crippen molar-refractivity contribution in [2.45, 2.75) is 19.8 Å². The maximum atomic E-state index is 2.32. The predicted octanol–water partition coefficient (Wildman–Crippen LogP) is 6.77. The summed E-state index contributed by atoms with van der Waals surface area (Å²) < 4.78 is 0. The molecule has 0 atom stereocenters. The van der Waals surface area contributed by atoms with Gasteiger partial charge in [-0.1, -0.05) is 54.6 Å². The second kappa shape index (κ2) is 8.47. The second-order valence-corrected chi connectivity index (χ2v) is 8.87. The van der Waals surface area contributed by atoms with Gasteiger partial charge in [0.25, 0.3) is 0 Å². The van der Waals surface area contributed by atoms with Gasteiger partial charge in [-0.15, -0.1) is 0 Å². The molecule has 0 aliphatic heterocycles. The normalized spacial score (nSPS) is 11.2. The van der Waals surface area contributed by atoms with Crippen LogP contribution in [0.15, 0.2) is 78.9 Å². The molecule has 4 aromatic carbocycles. The molecule has 0 saturated heterocycles. The van der Waals surface area contributed by atoms with Gasteiger partial charge in [-0.25, -0.2) is 0 Å². The molecule has 0 fully saturated rings. The van der Waals surface area contributed by atoms with E-state index in [1.54, 1.807) is 0 Å². The SMILES string of the molecule is Cc1cc(N(C)C)ccc1C(c1ccc(N(C)C)cc1C)c1cccc2ccccc12. The number of benzene rings is 4. The number of rotatable bonds is 5. The highest BCUT2D eigenvalue weighted by Crippen LogP contribution is 2.40. The van der Waals surface area contributed by atoms with Crippen molar-refractivity contribution >= 4 is 22.1 Å². The molecule has 0 amide bonds. The number of aryl methyl sites for hydroxylation is 2. The van der Waals surface area contributed by atoms with E-state index < -0.39 is 0 Å². The quantitative estimate of drug-likeness (QED) is 0.336. The van der Waals surface area contributed by atoms with Gasteiger partial charge >= 0.3 is 0 Å². The van der Waals surface area contributed by atoms with E-state index in [1.807, 2.05) is 0 Å². The summed E-state index contributed by atoms with van der Waals surface area (Å²) in [6.45, 7) is 4.48. The molecule has 0 radical (unpaired) electrons. The van der Waals surface area contributed by atoms with Crippen LogP contribution in [0.3, 0.4) is 0 Å². The van der Waals surface area contributed by atoms with E-state index in [-0.39, 0.29) is 5.92 Å². The Morgan fingerprint density at radius 2 is 1.06 bits per heavy atom. The molecule has 0 aromatic heterocycles. The van der Waals surface area contributed by atoms with Crippen molar-refractivity contribution in [2.75, 3.05) is 38.0 Å². The number of anilines is 2. The van der Waals surface area contributed by atoms with E-state index in [0.717, 1.165) is 0 Å². The largest absolute Gasteiger partial charge is 0.378 e. The van der Waals surface area contributed by atoms with E-state index >= 15 is 0 Å². The second-order valence-electron chi connectivity index (χ2n) is 8.87. The van der Waals surface area contributed by atoms with Crippen LogP contribution in [0.5, 0.6) is 0 Å². The number of nitrogens with zero attached hydrogens (tertiary/aromatic N) is 2. The van der Waals surface area contributed by atoms with Crippen molar-refractivity contribution in [3.05, 3.63) is 107 Å². The molecule has 158 valence electrons. The zero-order valence-corrected chi connectivity index (χ0v) is 19.5. The number of hydrogen-bond acceptors (Lipinski definition) is 2. The summed E-state index contributed by atoms with van der Waals surface area (Å²) in [6.07, 6.45) is 0.